The van der Waals surface area contributed by atoms with Gasteiger partial charge in [-0.3, -0.25) is 4.79 Å². The van der Waals surface area contributed by atoms with Gasteiger partial charge in [0.2, 0.25) is 10.0 Å². The first kappa shape index (κ1) is 19.5. The van der Waals surface area contributed by atoms with Gasteiger partial charge in [0.05, 0.1) is 17.9 Å². The number of nitrogens with zero attached hydrogens (tertiary/aromatic N) is 3. The minimum atomic E-state index is -3.28. The van der Waals surface area contributed by atoms with Crippen molar-refractivity contribution in [2.75, 3.05) is 25.9 Å². The number of aliphatic hydroxyl groups is 1. The predicted octanol–water partition coefficient (Wildman–Crippen LogP) is 0.103. The van der Waals surface area contributed by atoms with Gasteiger partial charge in [-0.1, -0.05) is 0 Å². The maximum absolute atomic E-state index is 11.9. The van der Waals surface area contributed by atoms with Crippen LogP contribution >= 0.6 is 0 Å². The lowest BCUT2D eigenvalue weighted by Gasteiger charge is -2.39. The molecule has 0 bridgehead atoms. The number of aromatic nitrogens is 2. The van der Waals surface area contributed by atoms with Crippen molar-refractivity contribution in [2.24, 2.45) is 0 Å². The van der Waals surface area contributed by atoms with Crippen molar-refractivity contribution in [3.05, 3.63) is 28.7 Å². The molecule has 0 radical (unpaired) electrons. The zero-order chi connectivity index (χ0) is 18.8. The third-order valence-corrected chi connectivity index (χ3v) is 6.74. The average molecular weight is 385 g/mol. The highest BCUT2D eigenvalue weighted by molar-refractivity contribution is 7.88. The average Bonchev–Trinajstić information content (AvgIpc) is 2.60. The second-order valence-corrected chi connectivity index (χ2v) is 9.60. The van der Waals surface area contributed by atoms with Crippen molar-refractivity contribution in [3.8, 4) is 0 Å². The molecule has 0 aromatic carbocycles. The van der Waals surface area contributed by atoms with Gasteiger partial charge in [-0.25, -0.2) is 13.1 Å². The van der Waals surface area contributed by atoms with Crippen LogP contribution in [0, 0.1) is 0 Å². The molecule has 1 aromatic rings. The third-order valence-electron chi connectivity index (χ3n) is 5.49. The van der Waals surface area contributed by atoms with E-state index in [-0.39, 0.29) is 24.2 Å². The van der Waals surface area contributed by atoms with Crippen molar-refractivity contribution in [1.29, 1.82) is 0 Å². The summed E-state index contributed by atoms with van der Waals surface area (Å²) in [5.41, 5.74) is -1.09. The van der Waals surface area contributed by atoms with E-state index >= 15 is 0 Å². The Morgan fingerprint density at radius 2 is 2.08 bits per heavy atom. The smallest absolute Gasteiger partial charge is 0.266 e. The molecule has 1 aliphatic carbocycles. The molecule has 1 unspecified atom stereocenters. The Hall–Kier alpha value is -1.29. The van der Waals surface area contributed by atoms with Gasteiger partial charge in [-0.15, -0.1) is 0 Å². The summed E-state index contributed by atoms with van der Waals surface area (Å²) in [7, 11) is -3.28. The maximum atomic E-state index is 11.9. The highest BCUT2D eigenvalue weighted by Crippen LogP contribution is 2.28. The van der Waals surface area contributed by atoms with Crippen LogP contribution in [0.25, 0.3) is 0 Å². The molecule has 8 nitrogen and oxygen atoms in total. The van der Waals surface area contributed by atoms with Gasteiger partial charge < -0.3 is 10.4 Å². The number of hydrogen-bond acceptors (Lipinski definition) is 6. The minimum Gasteiger partial charge on any atom is -0.387 e. The van der Waals surface area contributed by atoms with E-state index < -0.39 is 15.6 Å². The zero-order valence-corrected chi connectivity index (χ0v) is 16.0. The molecule has 0 amide bonds. The first-order valence-corrected chi connectivity index (χ1v) is 11.1. The fraction of sp³-hybridized carbons (Fsp3) is 0.765. The first-order chi connectivity index (χ1) is 12.3. The van der Waals surface area contributed by atoms with Crippen molar-refractivity contribution >= 4 is 10.0 Å². The molecule has 2 N–H and O–H groups in total. The van der Waals surface area contributed by atoms with Gasteiger partial charge >= 0.3 is 0 Å². The number of β-amino-alcohol motifs (C(OH)–C–C–N with tert-alkyl or cyclic N) is 1. The summed E-state index contributed by atoms with van der Waals surface area (Å²) in [6, 6.07) is 3.57. The molecule has 3 rings (SSSR count). The van der Waals surface area contributed by atoms with Gasteiger partial charge in [-0.2, -0.15) is 9.40 Å². The van der Waals surface area contributed by atoms with Crippen molar-refractivity contribution in [1.82, 2.24) is 19.4 Å². The number of rotatable bonds is 5. The van der Waals surface area contributed by atoms with E-state index in [1.165, 1.54) is 16.6 Å². The van der Waals surface area contributed by atoms with E-state index in [1.807, 2.05) is 0 Å². The molecule has 0 spiro atoms. The van der Waals surface area contributed by atoms with E-state index in [2.05, 4.69) is 10.4 Å². The molecule has 26 heavy (non-hydrogen) atoms. The molecular formula is C17H28N4O4S. The second kappa shape index (κ2) is 7.75. The Morgan fingerprint density at radius 1 is 1.35 bits per heavy atom. The minimum absolute atomic E-state index is 0.0682. The van der Waals surface area contributed by atoms with Crippen LogP contribution in [0.1, 0.15) is 44.6 Å². The Labute approximate surface area is 154 Å². The van der Waals surface area contributed by atoms with Gasteiger partial charge in [0.15, 0.2) is 0 Å². The Bertz CT molecular complexity index is 773. The molecule has 1 aromatic heterocycles. The van der Waals surface area contributed by atoms with Crippen molar-refractivity contribution in [3.63, 3.8) is 0 Å². The fourth-order valence-corrected chi connectivity index (χ4v) is 4.94. The summed E-state index contributed by atoms with van der Waals surface area (Å²) in [5, 5.41) is 18.4. The summed E-state index contributed by atoms with van der Waals surface area (Å²) in [6.45, 7) is 1.01. The van der Waals surface area contributed by atoms with E-state index in [1.54, 1.807) is 16.9 Å². The van der Waals surface area contributed by atoms with Gasteiger partial charge in [-0.05, 0) is 44.6 Å². The van der Waals surface area contributed by atoms with Gasteiger partial charge in [0.1, 0.15) is 0 Å². The molecule has 2 fully saturated rings. The predicted molar refractivity (Wildman–Crippen MR) is 98.4 cm³/mol. The molecule has 1 atom stereocenters. The van der Waals surface area contributed by atoms with Crippen LogP contribution in [0.3, 0.4) is 0 Å². The topological polar surface area (TPSA) is 105 Å². The lowest BCUT2D eigenvalue weighted by atomic mass is 9.89. The van der Waals surface area contributed by atoms with Crippen LogP contribution in [0.2, 0.25) is 0 Å². The van der Waals surface area contributed by atoms with Gasteiger partial charge in [0.25, 0.3) is 5.56 Å². The van der Waals surface area contributed by atoms with Crippen LogP contribution in [-0.2, 0) is 10.0 Å². The zero-order valence-electron chi connectivity index (χ0n) is 15.2. The molecule has 146 valence electrons. The number of hydrogen-bond donors (Lipinski definition) is 2. The molecule has 1 aliphatic heterocycles. The number of sulfonamides is 1. The van der Waals surface area contributed by atoms with Crippen LogP contribution < -0.4 is 10.9 Å². The number of nitrogens with one attached hydrogen (secondary N) is 1. The highest BCUT2D eigenvalue weighted by Gasteiger charge is 2.37. The third kappa shape index (κ3) is 4.70. The summed E-state index contributed by atoms with van der Waals surface area (Å²) in [6.07, 6.45) is 7.63. The SMILES string of the molecule is CS(=O)(=O)N1CCCC(O)(CNC2CCC(n3ncccc3=O)CC2)C1. The van der Waals surface area contributed by atoms with Crippen LogP contribution in [-0.4, -0.2) is 65.1 Å². The Morgan fingerprint density at radius 3 is 2.73 bits per heavy atom. The van der Waals surface area contributed by atoms with E-state index in [0.717, 1.165) is 25.7 Å². The quantitative estimate of drug-likeness (QED) is 0.746. The second-order valence-electron chi connectivity index (χ2n) is 7.62. The summed E-state index contributed by atoms with van der Waals surface area (Å²) < 4.78 is 26.4. The van der Waals surface area contributed by atoms with Gasteiger partial charge in [0, 0.05) is 37.9 Å². The lowest BCUT2D eigenvalue weighted by molar-refractivity contribution is -0.00963. The maximum Gasteiger partial charge on any atom is 0.266 e. The fourth-order valence-electron chi connectivity index (χ4n) is 4.00. The van der Waals surface area contributed by atoms with E-state index in [4.69, 9.17) is 0 Å². The Balaban J connectivity index is 1.51. The highest BCUT2D eigenvalue weighted by atomic mass is 32.2. The summed E-state index contributed by atoms with van der Waals surface area (Å²) in [4.78, 5) is 11.9. The number of piperidine rings is 1. The molecule has 9 heteroatoms. The molecular weight excluding hydrogens is 356 g/mol. The van der Waals surface area contributed by atoms with E-state index in [0.29, 0.717) is 25.9 Å². The normalized spacial score (nSPS) is 31.0. The molecule has 1 saturated heterocycles. The summed E-state index contributed by atoms with van der Waals surface area (Å²) in [5.74, 6) is 0. The molecule has 2 heterocycles. The summed E-state index contributed by atoms with van der Waals surface area (Å²) >= 11 is 0. The standard InChI is InChI=1S/C17H28N4O4S/c1-26(24,25)20-11-3-9-17(23,13-20)12-18-14-5-7-15(8-6-14)21-16(22)4-2-10-19-21/h2,4,10,14-15,18,23H,3,5-9,11-13H2,1H3. The van der Waals surface area contributed by atoms with Crippen molar-refractivity contribution < 1.29 is 13.5 Å². The monoisotopic (exact) mass is 384 g/mol. The van der Waals surface area contributed by atoms with Crippen molar-refractivity contribution in [2.45, 2.75) is 56.2 Å². The van der Waals surface area contributed by atoms with Crippen LogP contribution in [0.15, 0.2) is 23.1 Å². The lowest BCUT2D eigenvalue weighted by Crippen LogP contribution is -2.56. The van der Waals surface area contributed by atoms with Crippen LogP contribution in [0.4, 0.5) is 0 Å². The largest absolute Gasteiger partial charge is 0.387 e. The Kier molecular flexibility index (Phi) is 5.81. The molecule has 2 aliphatic rings. The molecule has 1 saturated carbocycles. The van der Waals surface area contributed by atoms with E-state index in [9.17, 15) is 18.3 Å². The van der Waals surface area contributed by atoms with Crippen LogP contribution in [0.5, 0.6) is 0 Å². The first-order valence-electron chi connectivity index (χ1n) is 9.22.